The molecule has 0 radical (unpaired) electrons. The molecular weight excluding hydrogens is 476 g/mol. The molecule has 2 aliphatic rings. The highest BCUT2D eigenvalue weighted by Gasteiger charge is 2.43. The Kier molecular flexibility index (Phi) is 6.99. The summed E-state index contributed by atoms with van der Waals surface area (Å²) in [7, 11) is -5.66. The smallest absolute Gasteiger partial charge is 0.307 e. The van der Waals surface area contributed by atoms with Crippen LogP contribution in [0.4, 0.5) is 10.5 Å². The molecule has 1 saturated carbocycles. The van der Waals surface area contributed by atoms with Gasteiger partial charge in [0.25, 0.3) is 10.0 Å². The number of carbonyl (C=O) groups is 1. The third kappa shape index (κ3) is 5.60. The standard InChI is InChI=1S/C23H30N4O5S2/c1-17-3-9-21(10-4-17)33(29,30)25-23(28)24-18-5-11-22(12-6-18)34(31,32)27(19-7-8-19)20-13-15-26(2)16-14-20/h3-6,9-12,19-20H,7-8,13-16H2,1-2H3,(H2,24,25,28). The maximum Gasteiger partial charge on any atom is 0.333 e. The lowest BCUT2D eigenvalue weighted by atomic mass is 10.1. The minimum Gasteiger partial charge on any atom is -0.307 e. The molecule has 2 N–H and O–H groups in total. The third-order valence-corrected chi connectivity index (χ3v) is 9.57. The number of hydrogen-bond acceptors (Lipinski definition) is 6. The monoisotopic (exact) mass is 506 g/mol. The van der Waals surface area contributed by atoms with Gasteiger partial charge < -0.3 is 10.2 Å². The highest BCUT2D eigenvalue weighted by molar-refractivity contribution is 7.90. The number of likely N-dealkylation sites (tertiary alicyclic amines) is 1. The summed E-state index contributed by atoms with van der Waals surface area (Å²) in [5.41, 5.74) is 1.18. The fourth-order valence-electron chi connectivity index (χ4n) is 4.16. The third-order valence-electron chi connectivity index (χ3n) is 6.20. The molecule has 2 amide bonds. The van der Waals surface area contributed by atoms with Gasteiger partial charge in [-0.2, -0.15) is 4.31 Å². The van der Waals surface area contributed by atoms with Crippen LogP contribution in [0.5, 0.6) is 0 Å². The molecule has 1 aliphatic heterocycles. The van der Waals surface area contributed by atoms with Crippen molar-refractivity contribution in [1.29, 1.82) is 0 Å². The summed E-state index contributed by atoms with van der Waals surface area (Å²) in [6.07, 6.45) is 3.37. The van der Waals surface area contributed by atoms with Crippen LogP contribution in [-0.2, 0) is 20.0 Å². The lowest BCUT2D eigenvalue weighted by Gasteiger charge is -2.36. The van der Waals surface area contributed by atoms with Crippen molar-refractivity contribution in [2.45, 2.75) is 54.5 Å². The van der Waals surface area contributed by atoms with Gasteiger partial charge in [0.2, 0.25) is 10.0 Å². The number of amides is 2. The van der Waals surface area contributed by atoms with Crippen LogP contribution in [0.2, 0.25) is 0 Å². The number of sulfonamides is 2. The number of piperidine rings is 1. The van der Waals surface area contributed by atoms with E-state index in [1.807, 2.05) is 18.7 Å². The Morgan fingerprint density at radius 1 is 0.853 bits per heavy atom. The molecule has 0 spiro atoms. The van der Waals surface area contributed by atoms with Crippen molar-refractivity contribution >= 4 is 31.8 Å². The molecule has 1 heterocycles. The number of hydrogen-bond donors (Lipinski definition) is 2. The van der Waals surface area contributed by atoms with E-state index in [0.717, 1.165) is 44.3 Å². The van der Waals surface area contributed by atoms with Gasteiger partial charge in [0, 0.05) is 17.8 Å². The van der Waals surface area contributed by atoms with Crippen LogP contribution in [0.15, 0.2) is 58.3 Å². The number of nitrogens with one attached hydrogen (secondary N) is 2. The zero-order valence-electron chi connectivity index (χ0n) is 19.3. The summed E-state index contributed by atoms with van der Waals surface area (Å²) >= 11 is 0. The first-order chi connectivity index (χ1) is 16.1. The molecule has 184 valence electrons. The van der Waals surface area contributed by atoms with Crippen LogP contribution in [0.25, 0.3) is 0 Å². The molecule has 0 unspecified atom stereocenters. The van der Waals surface area contributed by atoms with Crippen molar-refractivity contribution in [3.8, 4) is 0 Å². The highest BCUT2D eigenvalue weighted by atomic mass is 32.2. The van der Waals surface area contributed by atoms with Crippen LogP contribution < -0.4 is 10.0 Å². The zero-order valence-corrected chi connectivity index (χ0v) is 20.9. The predicted molar refractivity (Wildman–Crippen MR) is 130 cm³/mol. The molecule has 4 rings (SSSR count). The van der Waals surface area contributed by atoms with Crippen LogP contribution in [0.1, 0.15) is 31.2 Å². The fraction of sp³-hybridized carbons (Fsp3) is 0.435. The molecule has 34 heavy (non-hydrogen) atoms. The second-order valence-electron chi connectivity index (χ2n) is 9.00. The quantitative estimate of drug-likeness (QED) is 0.597. The van der Waals surface area contributed by atoms with E-state index in [1.54, 1.807) is 16.4 Å². The van der Waals surface area contributed by atoms with Gasteiger partial charge in [0.05, 0.1) is 9.79 Å². The minimum atomic E-state index is -4.03. The van der Waals surface area contributed by atoms with Crippen LogP contribution in [0, 0.1) is 6.92 Å². The zero-order chi connectivity index (χ0) is 24.5. The lowest BCUT2D eigenvalue weighted by molar-refractivity contribution is 0.178. The van der Waals surface area contributed by atoms with Gasteiger partial charge in [0.1, 0.15) is 0 Å². The normalized spacial score (nSPS) is 18.1. The SMILES string of the molecule is Cc1ccc(S(=O)(=O)NC(=O)Nc2ccc(S(=O)(=O)N(C3CC3)C3CCN(C)CC3)cc2)cc1. The summed E-state index contributed by atoms with van der Waals surface area (Å²) in [6.45, 7) is 3.57. The largest absolute Gasteiger partial charge is 0.333 e. The molecule has 2 fully saturated rings. The van der Waals surface area contributed by atoms with E-state index in [9.17, 15) is 21.6 Å². The van der Waals surface area contributed by atoms with Gasteiger partial charge in [-0.1, -0.05) is 17.7 Å². The molecule has 11 heteroatoms. The molecular formula is C23H30N4O5S2. The average molecular weight is 507 g/mol. The Morgan fingerprint density at radius 2 is 1.38 bits per heavy atom. The van der Waals surface area contributed by atoms with Gasteiger partial charge >= 0.3 is 6.03 Å². The molecule has 1 saturated heterocycles. The molecule has 0 atom stereocenters. The second-order valence-corrected chi connectivity index (χ2v) is 12.5. The van der Waals surface area contributed by atoms with Crippen molar-refractivity contribution < 1.29 is 21.6 Å². The molecule has 2 aromatic carbocycles. The Labute approximate surface area is 201 Å². The summed E-state index contributed by atoms with van der Waals surface area (Å²) < 4.78 is 55.3. The van der Waals surface area contributed by atoms with E-state index in [2.05, 4.69) is 10.2 Å². The van der Waals surface area contributed by atoms with Gasteiger partial charge in [-0.3, -0.25) is 0 Å². The number of carbonyl (C=O) groups excluding carboxylic acids is 1. The molecule has 0 bridgehead atoms. The van der Waals surface area contributed by atoms with Gasteiger partial charge in [-0.15, -0.1) is 0 Å². The number of rotatable bonds is 7. The Balaban J connectivity index is 1.43. The van der Waals surface area contributed by atoms with E-state index in [4.69, 9.17) is 0 Å². The first-order valence-electron chi connectivity index (χ1n) is 11.3. The maximum atomic E-state index is 13.4. The van der Waals surface area contributed by atoms with E-state index in [1.165, 1.54) is 36.4 Å². The second kappa shape index (κ2) is 9.65. The van der Waals surface area contributed by atoms with Crippen molar-refractivity contribution in [2.75, 3.05) is 25.5 Å². The minimum absolute atomic E-state index is 0.00994. The number of aryl methyl sites for hydroxylation is 1. The highest BCUT2D eigenvalue weighted by Crippen LogP contribution is 2.36. The lowest BCUT2D eigenvalue weighted by Crippen LogP contribution is -2.47. The fourth-order valence-corrected chi connectivity index (χ4v) is 6.99. The molecule has 1 aliphatic carbocycles. The van der Waals surface area contributed by atoms with Crippen LogP contribution in [0.3, 0.4) is 0 Å². The van der Waals surface area contributed by atoms with E-state index >= 15 is 0 Å². The number of nitrogens with zero attached hydrogens (tertiary/aromatic N) is 2. The molecule has 0 aromatic heterocycles. The van der Waals surface area contributed by atoms with Gasteiger partial charge in [0.15, 0.2) is 0 Å². The average Bonchev–Trinajstić information content (AvgIpc) is 3.60. The van der Waals surface area contributed by atoms with E-state index in [0.29, 0.717) is 0 Å². The maximum absolute atomic E-state index is 13.4. The van der Waals surface area contributed by atoms with Crippen molar-refractivity contribution in [3.05, 3.63) is 54.1 Å². The Bertz CT molecular complexity index is 1230. The first-order valence-corrected chi connectivity index (χ1v) is 14.2. The first kappa shape index (κ1) is 24.6. The molecule has 9 nitrogen and oxygen atoms in total. The Morgan fingerprint density at radius 3 is 1.94 bits per heavy atom. The molecule has 2 aromatic rings. The van der Waals surface area contributed by atoms with Crippen LogP contribution in [-0.4, -0.2) is 64.3 Å². The summed E-state index contributed by atoms with van der Waals surface area (Å²) in [4.78, 5) is 14.6. The van der Waals surface area contributed by atoms with Crippen molar-refractivity contribution in [3.63, 3.8) is 0 Å². The summed E-state index contributed by atoms with van der Waals surface area (Å²) in [6, 6.07) is 11.1. The van der Waals surface area contributed by atoms with Crippen LogP contribution >= 0.6 is 0 Å². The number of urea groups is 1. The summed E-state index contributed by atoms with van der Waals surface area (Å²) in [5, 5.41) is 2.45. The van der Waals surface area contributed by atoms with Gasteiger partial charge in [-0.25, -0.2) is 26.4 Å². The van der Waals surface area contributed by atoms with Gasteiger partial charge in [-0.05, 0) is 89.1 Å². The van der Waals surface area contributed by atoms with Crippen molar-refractivity contribution in [2.24, 2.45) is 0 Å². The number of benzene rings is 2. The number of anilines is 1. The van der Waals surface area contributed by atoms with E-state index < -0.39 is 26.1 Å². The van der Waals surface area contributed by atoms with Crippen molar-refractivity contribution in [1.82, 2.24) is 13.9 Å². The predicted octanol–water partition coefficient (Wildman–Crippen LogP) is 2.75. The van der Waals surface area contributed by atoms with E-state index in [-0.39, 0.29) is 27.6 Å². The summed E-state index contributed by atoms with van der Waals surface area (Å²) in [5.74, 6) is 0. The topological polar surface area (TPSA) is 116 Å². The Hall–Kier alpha value is -2.47.